The second-order valence-electron chi connectivity index (χ2n) is 8.88. The molecule has 1 aliphatic heterocycles. The summed E-state index contributed by atoms with van der Waals surface area (Å²) >= 11 is 0. The zero-order valence-corrected chi connectivity index (χ0v) is 22.6. The van der Waals surface area contributed by atoms with E-state index in [2.05, 4.69) is 56.4 Å². The molecule has 1 saturated heterocycles. The van der Waals surface area contributed by atoms with Gasteiger partial charge in [-0.3, -0.25) is 4.99 Å². The van der Waals surface area contributed by atoms with Crippen LogP contribution in [0.3, 0.4) is 0 Å². The maximum absolute atomic E-state index is 5.65. The maximum Gasteiger partial charge on any atom is 0.191 e. The number of halogens is 1. The first kappa shape index (κ1) is 27.1. The summed E-state index contributed by atoms with van der Waals surface area (Å²) in [6.45, 7) is 13.1. The number of ether oxygens (including phenoxy) is 1. The number of pyridine rings is 1. The Labute approximate surface area is 211 Å². The molecule has 8 heteroatoms. The predicted octanol–water partition coefficient (Wildman–Crippen LogP) is 3.49. The molecule has 0 unspecified atom stereocenters. The molecule has 2 fully saturated rings. The summed E-state index contributed by atoms with van der Waals surface area (Å²) in [6, 6.07) is 4.30. The van der Waals surface area contributed by atoms with Crippen LogP contribution in [0.5, 0.6) is 0 Å². The van der Waals surface area contributed by atoms with Crippen LogP contribution in [0.25, 0.3) is 0 Å². The molecule has 2 N–H and O–H groups in total. The summed E-state index contributed by atoms with van der Waals surface area (Å²) < 4.78 is 5.65. The van der Waals surface area contributed by atoms with Crippen LogP contribution in [-0.4, -0.2) is 75.4 Å². The second-order valence-corrected chi connectivity index (χ2v) is 8.88. The van der Waals surface area contributed by atoms with Gasteiger partial charge < -0.3 is 25.2 Å². The van der Waals surface area contributed by atoms with Crippen molar-refractivity contribution >= 4 is 35.8 Å². The van der Waals surface area contributed by atoms with E-state index in [0.717, 1.165) is 77.2 Å². The highest BCUT2D eigenvalue weighted by atomic mass is 127. The lowest BCUT2D eigenvalue weighted by Gasteiger charge is -2.34. The number of aromatic nitrogens is 1. The van der Waals surface area contributed by atoms with Crippen LogP contribution >= 0.6 is 24.0 Å². The number of nitrogens with one attached hydrogen (secondary N) is 2. The molecule has 0 aromatic carbocycles. The molecule has 0 amide bonds. The molecule has 2 aliphatic rings. The summed E-state index contributed by atoms with van der Waals surface area (Å²) in [5, 5.41) is 7.08. The van der Waals surface area contributed by atoms with Crippen molar-refractivity contribution < 1.29 is 4.74 Å². The van der Waals surface area contributed by atoms with Crippen LogP contribution in [0, 0.1) is 5.41 Å². The lowest BCUT2D eigenvalue weighted by molar-refractivity contribution is 0.105. The van der Waals surface area contributed by atoms with Gasteiger partial charge in [0.25, 0.3) is 0 Å². The van der Waals surface area contributed by atoms with Crippen molar-refractivity contribution in [3.63, 3.8) is 0 Å². The summed E-state index contributed by atoms with van der Waals surface area (Å²) in [7, 11) is 1.85. The van der Waals surface area contributed by atoms with E-state index in [1.165, 1.54) is 31.2 Å². The van der Waals surface area contributed by atoms with E-state index in [1.807, 2.05) is 13.2 Å². The molecule has 0 bridgehead atoms. The van der Waals surface area contributed by atoms with Gasteiger partial charge in [0.05, 0.1) is 0 Å². The third kappa shape index (κ3) is 8.02. The Kier molecular flexibility index (Phi) is 12.0. The molecule has 1 aromatic rings. The van der Waals surface area contributed by atoms with Gasteiger partial charge in [-0.05, 0) is 55.8 Å². The lowest BCUT2D eigenvalue weighted by Crippen LogP contribution is -2.46. The van der Waals surface area contributed by atoms with Gasteiger partial charge in [-0.2, -0.15) is 0 Å². The number of guanidine groups is 1. The Balaban J connectivity index is 0.00000363. The third-order valence-corrected chi connectivity index (χ3v) is 6.91. The minimum atomic E-state index is 0. The number of likely N-dealkylation sites (N-methyl/N-ethyl adjacent to an activating group) is 1. The van der Waals surface area contributed by atoms with E-state index in [-0.39, 0.29) is 24.0 Å². The normalized spacial score (nSPS) is 19.0. The van der Waals surface area contributed by atoms with Crippen LogP contribution in [-0.2, 0) is 11.3 Å². The highest BCUT2D eigenvalue weighted by molar-refractivity contribution is 14.0. The van der Waals surface area contributed by atoms with Crippen molar-refractivity contribution in [1.29, 1.82) is 0 Å². The van der Waals surface area contributed by atoms with Gasteiger partial charge in [0.15, 0.2) is 5.96 Å². The zero-order chi connectivity index (χ0) is 21.9. The van der Waals surface area contributed by atoms with Crippen LogP contribution < -0.4 is 15.5 Å². The fraction of sp³-hybridized carbons (Fsp3) is 0.750. The van der Waals surface area contributed by atoms with Crippen molar-refractivity contribution in [2.45, 2.75) is 52.5 Å². The highest BCUT2D eigenvalue weighted by Gasteiger charge is 2.33. The third-order valence-electron chi connectivity index (χ3n) is 6.91. The maximum atomic E-state index is 5.65. The number of hydrogen-bond acceptors (Lipinski definition) is 5. The van der Waals surface area contributed by atoms with E-state index < -0.39 is 0 Å². The molecule has 0 spiro atoms. The number of rotatable bonds is 10. The van der Waals surface area contributed by atoms with Gasteiger partial charge in [0.1, 0.15) is 5.82 Å². The van der Waals surface area contributed by atoms with Gasteiger partial charge >= 0.3 is 0 Å². The Hall–Kier alpha value is -1.13. The van der Waals surface area contributed by atoms with Crippen molar-refractivity contribution in [1.82, 2.24) is 20.5 Å². The molecular weight excluding hydrogens is 515 g/mol. The fourth-order valence-corrected chi connectivity index (χ4v) is 4.79. The summed E-state index contributed by atoms with van der Waals surface area (Å²) in [5.74, 6) is 1.96. The van der Waals surface area contributed by atoms with Crippen molar-refractivity contribution in [3.8, 4) is 0 Å². The first-order chi connectivity index (χ1) is 15.2. The van der Waals surface area contributed by atoms with Crippen molar-refractivity contribution in [2.24, 2.45) is 10.4 Å². The van der Waals surface area contributed by atoms with Crippen LogP contribution in [0.1, 0.15) is 51.5 Å². The van der Waals surface area contributed by atoms with E-state index in [1.54, 1.807) is 0 Å². The molecule has 2 heterocycles. The summed E-state index contributed by atoms with van der Waals surface area (Å²) in [5.41, 5.74) is 1.58. The van der Waals surface area contributed by atoms with Gasteiger partial charge in [-0.15, -0.1) is 24.0 Å². The Morgan fingerprint density at radius 2 is 1.91 bits per heavy atom. The van der Waals surface area contributed by atoms with Crippen molar-refractivity contribution in [2.75, 3.05) is 64.4 Å². The number of piperazine rings is 1. The van der Waals surface area contributed by atoms with E-state index >= 15 is 0 Å². The average Bonchev–Trinajstić information content (AvgIpc) is 3.28. The molecule has 1 saturated carbocycles. The molecule has 182 valence electrons. The monoisotopic (exact) mass is 558 g/mol. The molecule has 1 aromatic heterocycles. The summed E-state index contributed by atoms with van der Waals surface area (Å²) in [4.78, 5) is 14.0. The quantitative estimate of drug-likeness (QED) is 0.199. The van der Waals surface area contributed by atoms with Crippen LogP contribution in [0.4, 0.5) is 5.82 Å². The number of nitrogens with zero attached hydrogens (tertiary/aromatic N) is 4. The number of aliphatic imine (C=N–C) groups is 1. The van der Waals surface area contributed by atoms with E-state index in [0.29, 0.717) is 5.41 Å². The molecule has 3 rings (SSSR count). The van der Waals surface area contributed by atoms with Crippen LogP contribution in [0.15, 0.2) is 23.3 Å². The summed E-state index contributed by atoms with van der Waals surface area (Å²) in [6.07, 6.45) is 8.27. The first-order valence-corrected chi connectivity index (χ1v) is 12.1. The number of anilines is 1. The van der Waals surface area contributed by atoms with Gasteiger partial charge in [-0.1, -0.05) is 19.8 Å². The van der Waals surface area contributed by atoms with Gasteiger partial charge in [-0.25, -0.2) is 4.98 Å². The predicted molar refractivity (Wildman–Crippen MR) is 144 cm³/mol. The first-order valence-electron chi connectivity index (χ1n) is 12.1. The number of hydrogen-bond donors (Lipinski definition) is 2. The van der Waals surface area contributed by atoms with E-state index in [9.17, 15) is 0 Å². The largest absolute Gasteiger partial charge is 0.382 e. The lowest BCUT2D eigenvalue weighted by atomic mass is 9.83. The molecular formula is C24H43IN6O. The van der Waals surface area contributed by atoms with Gasteiger partial charge in [0, 0.05) is 65.7 Å². The standard InChI is InChI=1S/C24H42N6O.HI/c1-4-29-13-15-30(16-14-29)22-18-21(8-12-26-22)19-27-23(25-3)28-20-24(9-6-7-10-24)11-17-31-5-2;/h8,12,18H,4-7,9-11,13-17,19-20H2,1-3H3,(H2,25,27,28);1H. The molecule has 0 atom stereocenters. The smallest absolute Gasteiger partial charge is 0.191 e. The Morgan fingerprint density at radius 3 is 2.56 bits per heavy atom. The Morgan fingerprint density at radius 1 is 1.16 bits per heavy atom. The van der Waals surface area contributed by atoms with E-state index in [4.69, 9.17) is 4.74 Å². The Bertz CT molecular complexity index is 687. The zero-order valence-electron chi connectivity index (χ0n) is 20.2. The SMILES string of the molecule is CCOCCC1(CNC(=NC)NCc2ccnc(N3CCN(CC)CC3)c2)CCCC1.I. The van der Waals surface area contributed by atoms with Gasteiger partial charge in [0.2, 0.25) is 0 Å². The fourth-order valence-electron chi connectivity index (χ4n) is 4.79. The molecule has 1 aliphatic carbocycles. The highest BCUT2D eigenvalue weighted by Crippen LogP contribution is 2.40. The topological polar surface area (TPSA) is 65.0 Å². The minimum Gasteiger partial charge on any atom is -0.382 e. The molecule has 7 nitrogen and oxygen atoms in total. The average molecular weight is 559 g/mol. The second kappa shape index (κ2) is 14.2. The molecule has 32 heavy (non-hydrogen) atoms. The van der Waals surface area contributed by atoms with Crippen LogP contribution in [0.2, 0.25) is 0 Å². The molecule has 0 radical (unpaired) electrons. The minimum absolute atomic E-state index is 0. The van der Waals surface area contributed by atoms with Crippen molar-refractivity contribution in [3.05, 3.63) is 23.9 Å².